The van der Waals surface area contributed by atoms with Crippen molar-refractivity contribution in [3.63, 3.8) is 0 Å². The number of nitrogens with one attached hydrogen (secondary N) is 1. The molecule has 214 valence electrons. The second-order valence-electron chi connectivity index (χ2n) is 9.39. The van der Waals surface area contributed by atoms with Crippen molar-refractivity contribution >= 4 is 62.3 Å². The van der Waals surface area contributed by atoms with Gasteiger partial charge in [-0.1, -0.05) is 71.9 Å². The summed E-state index contributed by atoms with van der Waals surface area (Å²) in [5.41, 5.74) is 1.78. The summed E-state index contributed by atoms with van der Waals surface area (Å²) in [6.07, 6.45) is 1.69. The Morgan fingerprint density at radius 2 is 1.57 bits per heavy atom. The van der Waals surface area contributed by atoms with Crippen molar-refractivity contribution < 1.29 is 18.0 Å². The quantitative estimate of drug-likeness (QED) is 0.234. The van der Waals surface area contributed by atoms with E-state index in [-0.39, 0.29) is 23.0 Å². The second-order valence-corrected chi connectivity index (χ2v) is 12.5. The lowest BCUT2D eigenvalue weighted by Gasteiger charge is -2.32. The third-order valence-electron chi connectivity index (χ3n) is 6.34. The highest BCUT2D eigenvalue weighted by molar-refractivity contribution is 7.92. The van der Waals surface area contributed by atoms with Gasteiger partial charge in [-0.15, -0.1) is 0 Å². The number of carbonyl (C=O) groups is 2. The number of rotatable bonds is 12. The van der Waals surface area contributed by atoms with Gasteiger partial charge in [0, 0.05) is 18.1 Å². The number of anilines is 1. The number of carbonyl (C=O) groups excluding carboxylic acids is 2. The maximum absolute atomic E-state index is 13.9. The van der Waals surface area contributed by atoms with Gasteiger partial charge in [-0.05, 0) is 74.4 Å². The first-order valence-electron chi connectivity index (χ1n) is 12.8. The number of sulfonamides is 1. The highest BCUT2D eigenvalue weighted by atomic mass is 35.5. The molecular weight excluding hydrogens is 593 g/mol. The van der Waals surface area contributed by atoms with E-state index in [2.05, 4.69) is 5.32 Å². The maximum Gasteiger partial charge on any atom is 0.264 e. The lowest BCUT2D eigenvalue weighted by molar-refractivity contribution is -0.139. The van der Waals surface area contributed by atoms with E-state index >= 15 is 0 Å². The van der Waals surface area contributed by atoms with Gasteiger partial charge >= 0.3 is 0 Å². The molecular formula is C29H32Cl3N3O4S. The molecule has 0 radical (unpaired) electrons. The van der Waals surface area contributed by atoms with Gasteiger partial charge < -0.3 is 10.2 Å². The van der Waals surface area contributed by atoms with Crippen molar-refractivity contribution in [2.45, 2.75) is 51.1 Å². The zero-order chi connectivity index (χ0) is 29.4. The molecule has 0 aliphatic rings. The van der Waals surface area contributed by atoms with Crippen LogP contribution in [0.15, 0.2) is 71.6 Å². The molecule has 0 aromatic heterocycles. The monoisotopic (exact) mass is 623 g/mol. The van der Waals surface area contributed by atoms with Crippen molar-refractivity contribution in [1.29, 1.82) is 0 Å². The van der Waals surface area contributed by atoms with Crippen LogP contribution in [0.25, 0.3) is 0 Å². The Hall–Kier alpha value is -2.78. The van der Waals surface area contributed by atoms with Crippen LogP contribution < -0.4 is 9.62 Å². The van der Waals surface area contributed by atoms with E-state index in [9.17, 15) is 18.0 Å². The fourth-order valence-corrected chi connectivity index (χ4v) is 5.79. The fraction of sp³-hybridized carbons (Fsp3) is 0.310. The second kappa shape index (κ2) is 14.2. The molecule has 2 amide bonds. The third kappa shape index (κ3) is 8.13. The van der Waals surface area contributed by atoms with Crippen LogP contribution in [0.5, 0.6) is 0 Å². The van der Waals surface area contributed by atoms with Crippen LogP contribution >= 0.6 is 34.8 Å². The zero-order valence-corrected chi connectivity index (χ0v) is 25.6. The minimum absolute atomic E-state index is 0.0110. The van der Waals surface area contributed by atoms with Gasteiger partial charge in [0.15, 0.2) is 0 Å². The van der Waals surface area contributed by atoms with Crippen LogP contribution in [0.3, 0.4) is 0 Å². The summed E-state index contributed by atoms with van der Waals surface area (Å²) in [4.78, 5) is 28.3. The van der Waals surface area contributed by atoms with E-state index in [0.29, 0.717) is 27.2 Å². The minimum atomic E-state index is -4.16. The third-order valence-corrected chi connectivity index (χ3v) is 9.12. The molecule has 0 saturated carbocycles. The molecule has 0 saturated heterocycles. The van der Waals surface area contributed by atoms with Crippen molar-refractivity contribution in [3.8, 4) is 0 Å². The highest BCUT2D eigenvalue weighted by Gasteiger charge is 2.32. The van der Waals surface area contributed by atoms with Crippen LogP contribution in [0.1, 0.15) is 37.8 Å². The summed E-state index contributed by atoms with van der Waals surface area (Å²) in [5.74, 6) is -0.920. The summed E-state index contributed by atoms with van der Waals surface area (Å²) in [5, 5.41) is 3.92. The highest BCUT2D eigenvalue weighted by Crippen LogP contribution is 2.27. The molecule has 0 aliphatic heterocycles. The first-order chi connectivity index (χ1) is 18.9. The molecule has 0 unspecified atom stereocenters. The number of nitrogens with zero attached hydrogens (tertiary/aromatic N) is 2. The lowest BCUT2D eigenvalue weighted by atomic mass is 10.1. The summed E-state index contributed by atoms with van der Waals surface area (Å²) in [6, 6.07) is 16.6. The Labute approximate surface area is 251 Å². The molecule has 3 rings (SSSR count). The number of amides is 2. The van der Waals surface area contributed by atoms with Crippen LogP contribution in [-0.4, -0.2) is 44.3 Å². The summed E-state index contributed by atoms with van der Waals surface area (Å²) < 4.78 is 28.7. The van der Waals surface area contributed by atoms with Gasteiger partial charge in [0.25, 0.3) is 10.0 Å². The molecule has 3 aromatic rings. The van der Waals surface area contributed by atoms with Gasteiger partial charge in [-0.2, -0.15) is 0 Å². The lowest BCUT2D eigenvalue weighted by Crippen LogP contribution is -2.51. The average molecular weight is 625 g/mol. The molecule has 1 N–H and O–H groups in total. The Kier molecular flexibility index (Phi) is 11.3. The predicted octanol–water partition coefficient (Wildman–Crippen LogP) is 6.48. The summed E-state index contributed by atoms with van der Waals surface area (Å²) in [6.45, 7) is 5.40. The molecule has 0 spiro atoms. The van der Waals surface area contributed by atoms with Crippen LogP contribution in [0.4, 0.5) is 5.69 Å². The first kappa shape index (κ1) is 31.7. The van der Waals surface area contributed by atoms with E-state index in [1.165, 1.54) is 29.2 Å². The van der Waals surface area contributed by atoms with Crippen molar-refractivity contribution in [1.82, 2.24) is 10.2 Å². The number of hydrogen-bond acceptors (Lipinski definition) is 4. The predicted molar refractivity (Wildman–Crippen MR) is 162 cm³/mol. The van der Waals surface area contributed by atoms with Crippen LogP contribution in [-0.2, 0) is 26.2 Å². The fourth-order valence-electron chi connectivity index (χ4n) is 3.93. The Balaban J connectivity index is 2.01. The largest absolute Gasteiger partial charge is 0.354 e. The maximum atomic E-state index is 13.9. The average Bonchev–Trinajstić information content (AvgIpc) is 2.92. The van der Waals surface area contributed by atoms with E-state index in [1.807, 2.05) is 13.8 Å². The van der Waals surface area contributed by atoms with Gasteiger partial charge in [0.05, 0.1) is 20.6 Å². The first-order valence-corrected chi connectivity index (χ1v) is 15.4. The van der Waals surface area contributed by atoms with Crippen LogP contribution in [0, 0.1) is 6.92 Å². The summed E-state index contributed by atoms with van der Waals surface area (Å²) >= 11 is 18.3. The van der Waals surface area contributed by atoms with E-state index in [4.69, 9.17) is 34.8 Å². The minimum Gasteiger partial charge on any atom is -0.354 e. The number of hydrogen-bond donors (Lipinski definition) is 1. The van der Waals surface area contributed by atoms with Gasteiger partial charge in [0.1, 0.15) is 12.6 Å². The van der Waals surface area contributed by atoms with Gasteiger partial charge in [0.2, 0.25) is 11.8 Å². The molecule has 40 heavy (non-hydrogen) atoms. The molecule has 7 nitrogen and oxygen atoms in total. The van der Waals surface area contributed by atoms with E-state index in [1.54, 1.807) is 49.4 Å². The Morgan fingerprint density at radius 1 is 0.925 bits per heavy atom. The normalized spacial score (nSPS) is 12.1. The van der Waals surface area contributed by atoms with Crippen molar-refractivity contribution in [2.24, 2.45) is 0 Å². The molecule has 0 heterocycles. The summed E-state index contributed by atoms with van der Waals surface area (Å²) in [7, 11) is -4.16. The number of aryl methyl sites for hydroxylation is 1. The molecule has 1 atom stereocenters. The molecule has 0 aliphatic carbocycles. The molecule has 11 heteroatoms. The van der Waals surface area contributed by atoms with Gasteiger partial charge in [-0.25, -0.2) is 8.42 Å². The van der Waals surface area contributed by atoms with E-state index < -0.39 is 28.5 Å². The molecule has 0 fully saturated rings. The SMILES string of the molecule is CCCCNC(=O)[C@@H](C)N(Cc1ccc(Cl)c(Cl)c1)C(=O)CN(c1ccc(Cl)cc1)S(=O)(=O)c1ccc(C)cc1. The van der Waals surface area contributed by atoms with Crippen LogP contribution in [0.2, 0.25) is 15.1 Å². The van der Waals surface area contributed by atoms with E-state index in [0.717, 1.165) is 22.7 Å². The number of benzene rings is 3. The van der Waals surface area contributed by atoms with Crippen molar-refractivity contribution in [3.05, 3.63) is 92.9 Å². The molecule has 3 aromatic carbocycles. The molecule has 0 bridgehead atoms. The van der Waals surface area contributed by atoms with Crippen molar-refractivity contribution in [2.75, 3.05) is 17.4 Å². The Morgan fingerprint density at radius 3 is 2.17 bits per heavy atom. The topological polar surface area (TPSA) is 86.8 Å². The zero-order valence-electron chi connectivity index (χ0n) is 22.5. The van der Waals surface area contributed by atoms with Gasteiger partial charge in [-0.3, -0.25) is 13.9 Å². The number of halogens is 3. The smallest absolute Gasteiger partial charge is 0.264 e. The standard InChI is InChI=1S/C29H32Cl3N3O4S/c1-4-5-16-33-29(37)21(3)34(18-22-8-15-26(31)27(32)17-22)28(36)19-35(24-11-9-23(30)10-12-24)40(38,39)25-13-6-20(2)7-14-25/h6-15,17,21H,4-5,16,18-19H2,1-3H3,(H,33,37)/t21-/m1/s1. The Bertz CT molecular complexity index is 1430. The number of unbranched alkanes of at least 4 members (excludes halogenated alkanes) is 1.